The monoisotopic (exact) mass is 228 g/mol. The number of carbonyl (C=O) groups is 1. The second-order valence-electron chi connectivity index (χ2n) is 4.91. The van der Waals surface area contributed by atoms with Crippen LogP contribution in [-0.4, -0.2) is 30.6 Å². The third-order valence-electron chi connectivity index (χ3n) is 3.46. The Morgan fingerprint density at radius 3 is 2.38 bits per heavy atom. The molecular formula is C12H20O4. The Balaban J connectivity index is 1.52. The summed E-state index contributed by atoms with van der Waals surface area (Å²) >= 11 is 0. The van der Waals surface area contributed by atoms with Gasteiger partial charge in [-0.05, 0) is 44.4 Å². The number of carboxylic acids is 1. The summed E-state index contributed by atoms with van der Waals surface area (Å²) < 4.78 is 11.0. The number of aliphatic carboxylic acids is 1. The van der Waals surface area contributed by atoms with Gasteiger partial charge in [-0.2, -0.15) is 0 Å². The van der Waals surface area contributed by atoms with Gasteiger partial charge in [0.15, 0.2) is 0 Å². The maximum atomic E-state index is 10.7. The molecule has 0 aromatic heterocycles. The van der Waals surface area contributed by atoms with Crippen LogP contribution in [0.5, 0.6) is 0 Å². The number of ether oxygens (including phenoxy) is 2. The van der Waals surface area contributed by atoms with Crippen LogP contribution in [-0.2, 0) is 14.3 Å². The molecule has 16 heavy (non-hydrogen) atoms. The summed E-state index contributed by atoms with van der Waals surface area (Å²) in [6, 6.07) is 0. The molecule has 0 unspecified atom stereocenters. The van der Waals surface area contributed by atoms with Gasteiger partial charge >= 0.3 is 5.97 Å². The van der Waals surface area contributed by atoms with Crippen molar-refractivity contribution in [1.82, 2.24) is 0 Å². The van der Waals surface area contributed by atoms with Gasteiger partial charge in [0.1, 0.15) is 6.79 Å². The number of hydrogen-bond acceptors (Lipinski definition) is 3. The van der Waals surface area contributed by atoms with Crippen molar-refractivity contribution in [2.45, 2.75) is 44.6 Å². The fraction of sp³-hybridized carbons (Fsp3) is 0.917. The van der Waals surface area contributed by atoms with Gasteiger partial charge in [-0.3, -0.25) is 4.79 Å². The molecular weight excluding hydrogens is 208 g/mol. The molecule has 4 nitrogen and oxygen atoms in total. The van der Waals surface area contributed by atoms with Crippen LogP contribution in [0.1, 0.15) is 38.5 Å². The van der Waals surface area contributed by atoms with E-state index in [1.807, 2.05) is 0 Å². The van der Waals surface area contributed by atoms with Crippen LogP contribution in [0.3, 0.4) is 0 Å². The fourth-order valence-electron chi connectivity index (χ4n) is 2.12. The Labute approximate surface area is 95.9 Å². The van der Waals surface area contributed by atoms with Gasteiger partial charge in [0, 0.05) is 0 Å². The van der Waals surface area contributed by atoms with Gasteiger partial charge in [-0.15, -0.1) is 0 Å². The van der Waals surface area contributed by atoms with Crippen molar-refractivity contribution in [3.63, 3.8) is 0 Å². The van der Waals surface area contributed by atoms with Gasteiger partial charge in [0.25, 0.3) is 0 Å². The predicted molar refractivity (Wildman–Crippen MR) is 58.0 cm³/mol. The summed E-state index contributed by atoms with van der Waals surface area (Å²) in [6.45, 7) is 1.20. The third-order valence-corrected chi connectivity index (χ3v) is 3.46. The number of carboxylic acid groups (broad SMARTS) is 1. The summed E-state index contributed by atoms with van der Waals surface area (Å²) in [4.78, 5) is 10.7. The normalized spacial score (nSPS) is 30.2. The van der Waals surface area contributed by atoms with E-state index in [4.69, 9.17) is 14.6 Å². The van der Waals surface area contributed by atoms with E-state index >= 15 is 0 Å². The molecule has 2 aliphatic rings. The molecule has 0 radical (unpaired) electrons. The van der Waals surface area contributed by atoms with E-state index in [9.17, 15) is 4.79 Å². The lowest BCUT2D eigenvalue weighted by molar-refractivity contribution is -0.145. The molecule has 1 N–H and O–H groups in total. The van der Waals surface area contributed by atoms with Crippen LogP contribution in [0.4, 0.5) is 0 Å². The zero-order valence-corrected chi connectivity index (χ0v) is 9.56. The largest absolute Gasteiger partial charge is 0.481 e. The lowest BCUT2D eigenvalue weighted by Gasteiger charge is -2.25. The van der Waals surface area contributed by atoms with Crippen molar-refractivity contribution in [3.8, 4) is 0 Å². The van der Waals surface area contributed by atoms with Crippen molar-refractivity contribution in [2.24, 2.45) is 11.8 Å². The minimum Gasteiger partial charge on any atom is -0.481 e. The van der Waals surface area contributed by atoms with E-state index in [1.165, 1.54) is 12.8 Å². The van der Waals surface area contributed by atoms with E-state index in [2.05, 4.69) is 0 Å². The maximum absolute atomic E-state index is 10.7. The molecule has 2 aliphatic carbocycles. The van der Waals surface area contributed by atoms with Gasteiger partial charge in [0.05, 0.1) is 18.6 Å². The van der Waals surface area contributed by atoms with E-state index < -0.39 is 5.97 Å². The SMILES string of the molecule is O=C(O)C1CCC(OCOCC2CC2)CC1. The molecule has 0 bridgehead atoms. The Hall–Kier alpha value is -0.610. The highest BCUT2D eigenvalue weighted by Crippen LogP contribution is 2.29. The van der Waals surface area contributed by atoms with Crippen molar-refractivity contribution in [1.29, 1.82) is 0 Å². The summed E-state index contributed by atoms with van der Waals surface area (Å²) in [5.41, 5.74) is 0. The van der Waals surface area contributed by atoms with Crippen LogP contribution >= 0.6 is 0 Å². The lowest BCUT2D eigenvalue weighted by Crippen LogP contribution is -2.26. The molecule has 0 spiro atoms. The van der Waals surface area contributed by atoms with Gasteiger partial charge in [-0.1, -0.05) is 0 Å². The minimum absolute atomic E-state index is 0.160. The van der Waals surface area contributed by atoms with Gasteiger partial charge in [-0.25, -0.2) is 0 Å². The molecule has 0 heterocycles. The molecule has 2 rings (SSSR count). The second-order valence-corrected chi connectivity index (χ2v) is 4.91. The summed E-state index contributed by atoms with van der Waals surface area (Å²) in [5.74, 6) is -0.0537. The van der Waals surface area contributed by atoms with Crippen molar-refractivity contribution in [3.05, 3.63) is 0 Å². The molecule has 4 heteroatoms. The molecule has 0 saturated heterocycles. The van der Waals surface area contributed by atoms with Crippen LogP contribution < -0.4 is 0 Å². The van der Waals surface area contributed by atoms with Crippen LogP contribution in [0.25, 0.3) is 0 Å². The molecule has 0 aliphatic heterocycles. The van der Waals surface area contributed by atoms with Gasteiger partial charge in [0.2, 0.25) is 0 Å². The second kappa shape index (κ2) is 5.64. The molecule has 0 atom stereocenters. The van der Waals surface area contributed by atoms with Crippen molar-refractivity contribution in [2.75, 3.05) is 13.4 Å². The summed E-state index contributed by atoms with van der Waals surface area (Å²) in [6.07, 6.45) is 5.97. The maximum Gasteiger partial charge on any atom is 0.306 e. The molecule has 0 aromatic rings. The highest BCUT2D eigenvalue weighted by molar-refractivity contribution is 5.69. The zero-order valence-electron chi connectivity index (χ0n) is 9.56. The molecule has 2 saturated carbocycles. The topological polar surface area (TPSA) is 55.8 Å². The van der Waals surface area contributed by atoms with Crippen molar-refractivity contribution >= 4 is 5.97 Å². The molecule has 2 fully saturated rings. The summed E-state index contributed by atoms with van der Waals surface area (Å²) in [7, 11) is 0. The zero-order chi connectivity index (χ0) is 11.4. The average Bonchev–Trinajstić information content (AvgIpc) is 3.09. The van der Waals surface area contributed by atoms with Crippen molar-refractivity contribution < 1.29 is 19.4 Å². The van der Waals surface area contributed by atoms with E-state index in [0.717, 1.165) is 38.2 Å². The third kappa shape index (κ3) is 3.76. The standard InChI is InChI=1S/C12H20O4/c13-12(14)10-3-5-11(6-4-10)16-8-15-7-9-1-2-9/h9-11H,1-8H2,(H,13,14). The van der Waals surface area contributed by atoms with E-state index in [0.29, 0.717) is 6.79 Å². The van der Waals surface area contributed by atoms with Crippen LogP contribution in [0, 0.1) is 11.8 Å². The smallest absolute Gasteiger partial charge is 0.306 e. The molecule has 0 aromatic carbocycles. The highest BCUT2D eigenvalue weighted by atomic mass is 16.7. The number of rotatable bonds is 6. The Morgan fingerprint density at radius 1 is 1.12 bits per heavy atom. The fourth-order valence-corrected chi connectivity index (χ4v) is 2.12. The average molecular weight is 228 g/mol. The Kier molecular flexibility index (Phi) is 4.18. The molecule has 0 amide bonds. The first kappa shape index (κ1) is 11.9. The van der Waals surface area contributed by atoms with Crippen LogP contribution in [0.2, 0.25) is 0 Å². The molecule has 92 valence electrons. The van der Waals surface area contributed by atoms with E-state index in [1.54, 1.807) is 0 Å². The Bertz CT molecular complexity index is 229. The van der Waals surface area contributed by atoms with Crippen LogP contribution in [0.15, 0.2) is 0 Å². The quantitative estimate of drug-likeness (QED) is 0.558. The van der Waals surface area contributed by atoms with Gasteiger partial charge < -0.3 is 14.6 Å². The lowest BCUT2D eigenvalue weighted by atomic mass is 9.87. The first-order valence-electron chi connectivity index (χ1n) is 6.18. The Morgan fingerprint density at radius 2 is 1.81 bits per heavy atom. The van der Waals surface area contributed by atoms with E-state index in [-0.39, 0.29) is 12.0 Å². The minimum atomic E-state index is -0.663. The summed E-state index contributed by atoms with van der Waals surface area (Å²) in [5, 5.41) is 8.84. The first-order valence-corrected chi connectivity index (χ1v) is 6.18. The predicted octanol–water partition coefficient (Wildman–Crippen LogP) is 2.03. The number of hydrogen-bond donors (Lipinski definition) is 1. The first-order chi connectivity index (χ1) is 7.75. The highest BCUT2D eigenvalue weighted by Gasteiger charge is 2.26.